The fourth-order valence-electron chi connectivity index (χ4n) is 2.87. The highest BCUT2D eigenvalue weighted by Gasteiger charge is 2.30. The lowest BCUT2D eigenvalue weighted by Gasteiger charge is -2.11. The van der Waals surface area contributed by atoms with E-state index in [0.29, 0.717) is 11.7 Å². The summed E-state index contributed by atoms with van der Waals surface area (Å²) in [6.45, 7) is 2.61. The van der Waals surface area contributed by atoms with Crippen molar-refractivity contribution in [2.75, 3.05) is 11.9 Å². The second kappa shape index (κ2) is 7.88. The molecule has 3 N–H and O–H groups in total. The van der Waals surface area contributed by atoms with Crippen molar-refractivity contribution < 1.29 is 9.53 Å². The van der Waals surface area contributed by atoms with Crippen LogP contribution in [0.1, 0.15) is 35.8 Å². The molecule has 0 spiro atoms. The number of ether oxygens (including phenoxy) is 1. The number of carbonyl (C=O) groups is 1. The smallest absolute Gasteiger partial charge is 0.255 e. The van der Waals surface area contributed by atoms with Gasteiger partial charge in [0, 0.05) is 24.0 Å². The monoisotopic (exact) mass is 345 g/mol. The van der Waals surface area contributed by atoms with Crippen LogP contribution >= 0.6 is 11.3 Å². The number of nitrogens with zero attached hydrogens (tertiary/aromatic N) is 1. The first-order valence-corrected chi connectivity index (χ1v) is 9.18. The summed E-state index contributed by atoms with van der Waals surface area (Å²) in [5, 5.41) is 3.49. The summed E-state index contributed by atoms with van der Waals surface area (Å²) in [6.07, 6.45) is 4.84. The van der Waals surface area contributed by atoms with Gasteiger partial charge in [-0.15, -0.1) is 11.3 Å². The molecule has 0 aliphatic carbocycles. The zero-order chi connectivity index (χ0) is 16.9. The van der Waals surface area contributed by atoms with Crippen LogP contribution in [-0.2, 0) is 22.4 Å². The predicted octanol–water partition coefficient (Wildman–Crippen LogP) is 2.74. The average Bonchev–Trinajstić information content (AvgIpc) is 3.24. The molecule has 2 heterocycles. The number of carbonyl (C=O) groups excluding carboxylic acids is 1. The second-order valence-corrected chi connectivity index (χ2v) is 7.15. The molecule has 1 aliphatic heterocycles. The van der Waals surface area contributed by atoms with Gasteiger partial charge in [0.2, 0.25) is 0 Å². The fraction of sp³-hybridized carbons (Fsp3) is 0.444. The van der Waals surface area contributed by atoms with Crippen LogP contribution in [0.25, 0.3) is 0 Å². The quantitative estimate of drug-likeness (QED) is 0.844. The molecule has 1 amide bonds. The number of hydrogen-bond donors (Lipinski definition) is 2. The van der Waals surface area contributed by atoms with Crippen LogP contribution in [0, 0.1) is 0 Å². The Morgan fingerprint density at radius 3 is 3.00 bits per heavy atom. The molecule has 0 radical (unpaired) electrons. The molecule has 0 saturated carbocycles. The van der Waals surface area contributed by atoms with E-state index in [1.54, 1.807) is 0 Å². The van der Waals surface area contributed by atoms with Crippen molar-refractivity contribution in [2.24, 2.45) is 5.73 Å². The van der Waals surface area contributed by atoms with Gasteiger partial charge in [-0.3, -0.25) is 10.1 Å². The largest absolute Gasteiger partial charge is 0.364 e. The van der Waals surface area contributed by atoms with Gasteiger partial charge in [0.1, 0.15) is 6.10 Å². The highest BCUT2D eigenvalue weighted by Crippen LogP contribution is 2.24. The first-order valence-electron chi connectivity index (χ1n) is 8.37. The van der Waals surface area contributed by atoms with Crippen LogP contribution < -0.4 is 11.1 Å². The van der Waals surface area contributed by atoms with Crippen LogP contribution in [0.5, 0.6) is 0 Å². The zero-order valence-electron chi connectivity index (χ0n) is 13.8. The third kappa shape index (κ3) is 4.20. The van der Waals surface area contributed by atoms with Gasteiger partial charge in [-0.25, -0.2) is 4.98 Å². The van der Waals surface area contributed by atoms with Crippen molar-refractivity contribution in [3.05, 3.63) is 46.5 Å². The Morgan fingerprint density at radius 1 is 1.42 bits per heavy atom. The number of anilines is 1. The fourth-order valence-corrected chi connectivity index (χ4v) is 3.72. The Kier molecular flexibility index (Phi) is 5.60. The molecule has 3 rings (SSSR count). The minimum atomic E-state index is -0.410. The maximum absolute atomic E-state index is 12.2. The molecule has 0 bridgehead atoms. The minimum Gasteiger partial charge on any atom is -0.364 e. The Balaban J connectivity index is 1.58. The third-order valence-electron chi connectivity index (χ3n) is 4.22. The number of aromatic nitrogens is 1. The number of hydrogen-bond acceptors (Lipinski definition) is 5. The molecule has 1 fully saturated rings. The predicted molar refractivity (Wildman–Crippen MR) is 96.3 cm³/mol. The van der Waals surface area contributed by atoms with E-state index in [9.17, 15) is 4.79 Å². The van der Waals surface area contributed by atoms with Gasteiger partial charge in [-0.2, -0.15) is 0 Å². The van der Waals surface area contributed by atoms with E-state index in [2.05, 4.69) is 41.5 Å². The van der Waals surface area contributed by atoms with E-state index in [4.69, 9.17) is 10.5 Å². The van der Waals surface area contributed by atoms with Crippen molar-refractivity contribution in [3.63, 3.8) is 0 Å². The summed E-state index contributed by atoms with van der Waals surface area (Å²) in [6, 6.07) is 8.56. The number of thiazole rings is 1. The third-order valence-corrected chi connectivity index (χ3v) is 5.14. The van der Waals surface area contributed by atoms with E-state index >= 15 is 0 Å². The van der Waals surface area contributed by atoms with Gasteiger partial charge in [-0.05, 0) is 30.4 Å². The van der Waals surface area contributed by atoms with E-state index in [0.717, 1.165) is 30.6 Å². The van der Waals surface area contributed by atoms with Gasteiger partial charge >= 0.3 is 0 Å². The van der Waals surface area contributed by atoms with Crippen LogP contribution in [-0.4, -0.2) is 29.6 Å². The summed E-state index contributed by atoms with van der Waals surface area (Å²) in [4.78, 5) is 17.7. The standard InChI is InChI=1S/C18H23N3O2S/c1-2-12-4-3-5-13(8-12)9-15-11-20-18(24-15)21-17(22)16-7-6-14(10-19)23-16/h3-5,8,11,14,16H,2,6-7,9-10,19H2,1H3,(H,20,21,22)/t14-,16+/m1/s1. The highest BCUT2D eigenvalue weighted by molar-refractivity contribution is 7.15. The highest BCUT2D eigenvalue weighted by atomic mass is 32.1. The topological polar surface area (TPSA) is 77.2 Å². The van der Waals surface area contributed by atoms with E-state index < -0.39 is 6.10 Å². The molecule has 128 valence electrons. The summed E-state index contributed by atoms with van der Waals surface area (Å²) >= 11 is 1.51. The Morgan fingerprint density at radius 2 is 2.25 bits per heavy atom. The van der Waals surface area contributed by atoms with Crippen LogP contribution in [0.2, 0.25) is 0 Å². The van der Waals surface area contributed by atoms with Gasteiger partial charge in [-0.1, -0.05) is 31.2 Å². The summed E-state index contributed by atoms with van der Waals surface area (Å²) < 4.78 is 5.61. The SMILES string of the molecule is CCc1cccc(Cc2cnc(NC(=O)[C@@H]3CC[C@H](CN)O3)s2)c1. The van der Waals surface area contributed by atoms with Crippen molar-refractivity contribution in [1.82, 2.24) is 4.98 Å². The van der Waals surface area contributed by atoms with Gasteiger partial charge in [0.15, 0.2) is 5.13 Å². The van der Waals surface area contributed by atoms with Gasteiger partial charge in [0.25, 0.3) is 5.91 Å². The van der Waals surface area contributed by atoms with Crippen LogP contribution in [0.4, 0.5) is 5.13 Å². The van der Waals surface area contributed by atoms with E-state index in [1.807, 2.05) is 6.20 Å². The molecule has 1 aliphatic rings. The number of nitrogens with two attached hydrogens (primary N) is 1. The summed E-state index contributed by atoms with van der Waals surface area (Å²) in [5.41, 5.74) is 8.18. The van der Waals surface area contributed by atoms with Gasteiger partial charge < -0.3 is 10.5 Å². The number of nitrogens with one attached hydrogen (secondary N) is 1. The molecule has 2 aromatic rings. The summed E-state index contributed by atoms with van der Waals surface area (Å²) in [5.74, 6) is -0.125. The number of benzene rings is 1. The lowest BCUT2D eigenvalue weighted by atomic mass is 10.1. The number of rotatable bonds is 6. The van der Waals surface area contributed by atoms with E-state index in [1.165, 1.54) is 22.5 Å². The Hall–Kier alpha value is -1.76. The first-order chi connectivity index (χ1) is 11.7. The molecule has 0 unspecified atom stereocenters. The molecule has 1 aromatic carbocycles. The molecule has 1 saturated heterocycles. The number of amides is 1. The molecular weight excluding hydrogens is 322 g/mol. The van der Waals surface area contributed by atoms with E-state index in [-0.39, 0.29) is 12.0 Å². The van der Waals surface area contributed by atoms with Crippen LogP contribution in [0.15, 0.2) is 30.5 Å². The Bertz CT molecular complexity index is 701. The maximum Gasteiger partial charge on any atom is 0.255 e. The van der Waals surface area contributed by atoms with Crippen molar-refractivity contribution in [2.45, 2.75) is 44.8 Å². The second-order valence-electron chi connectivity index (χ2n) is 6.03. The molecule has 5 nitrogen and oxygen atoms in total. The lowest BCUT2D eigenvalue weighted by Crippen LogP contribution is -2.29. The van der Waals surface area contributed by atoms with Crippen molar-refractivity contribution in [3.8, 4) is 0 Å². The molecular formula is C18H23N3O2S. The molecule has 24 heavy (non-hydrogen) atoms. The minimum absolute atomic E-state index is 0.00144. The molecule has 2 atom stereocenters. The normalized spacial score (nSPS) is 20.2. The molecule has 1 aromatic heterocycles. The number of aryl methyl sites for hydroxylation is 1. The molecule has 6 heteroatoms. The van der Waals surface area contributed by atoms with Gasteiger partial charge in [0.05, 0.1) is 6.10 Å². The van der Waals surface area contributed by atoms with Crippen molar-refractivity contribution >= 4 is 22.4 Å². The lowest BCUT2D eigenvalue weighted by molar-refractivity contribution is -0.126. The van der Waals surface area contributed by atoms with Crippen molar-refractivity contribution in [1.29, 1.82) is 0 Å². The summed E-state index contributed by atoms with van der Waals surface area (Å²) in [7, 11) is 0. The average molecular weight is 345 g/mol. The first kappa shape index (κ1) is 17.1. The Labute approximate surface area is 146 Å². The van der Waals surface area contributed by atoms with Crippen LogP contribution in [0.3, 0.4) is 0 Å². The maximum atomic E-state index is 12.2. The zero-order valence-corrected chi connectivity index (χ0v) is 14.6.